The maximum atomic E-state index is 12.0. The molecular formula is C11H23N2O5P. The summed E-state index contributed by atoms with van der Waals surface area (Å²) in [6.07, 6.45) is 2.94. The smallest absolute Gasteiger partial charge is 0.316 e. The summed E-state index contributed by atoms with van der Waals surface area (Å²) in [5, 5.41) is 9.25. The van der Waals surface area contributed by atoms with Crippen molar-refractivity contribution < 1.29 is 23.9 Å². The molecule has 8 heteroatoms. The van der Waals surface area contributed by atoms with E-state index in [2.05, 4.69) is 0 Å². The Hall–Kier alpha value is -0.460. The van der Waals surface area contributed by atoms with E-state index in [1.807, 2.05) is 0 Å². The van der Waals surface area contributed by atoms with Gasteiger partial charge < -0.3 is 25.2 Å². The summed E-state index contributed by atoms with van der Waals surface area (Å²) in [7, 11) is -3.00. The zero-order chi connectivity index (χ0) is 14.3. The van der Waals surface area contributed by atoms with E-state index in [0.717, 1.165) is 19.3 Å². The number of aliphatic hydroxyl groups excluding tert-OH is 1. The molecule has 0 aromatic heterocycles. The highest BCUT2D eigenvalue weighted by atomic mass is 31.1. The van der Waals surface area contributed by atoms with Gasteiger partial charge in [-0.15, -0.1) is 0 Å². The molecule has 0 aromatic carbocycles. The summed E-state index contributed by atoms with van der Waals surface area (Å²) in [5.74, 6) is -0.0419. The van der Waals surface area contributed by atoms with Gasteiger partial charge in [0.05, 0.1) is 18.8 Å². The Morgan fingerprint density at radius 2 is 2.16 bits per heavy atom. The molecule has 1 rings (SSSR count). The molecule has 1 saturated heterocycles. The van der Waals surface area contributed by atoms with Crippen LogP contribution in [0.25, 0.3) is 0 Å². The summed E-state index contributed by atoms with van der Waals surface area (Å²) < 4.78 is 15.5. The first kappa shape index (κ1) is 16.6. The number of hydrogen-bond donors (Lipinski definition) is 3. The Morgan fingerprint density at radius 1 is 1.42 bits per heavy atom. The number of rotatable bonds is 8. The van der Waals surface area contributed by atoms with Crippen molar-refractivity contribution in [3.63, 3.8) is 0 Å². The van der Waals surface area contributed by atoms with Gasteiger partial charge in [0.15, 0.2) is 0 Å². The molecule has 1 aliphatic heterocycles. The van der Waals surface area contributed by atoms with Gasteiger partial charge in [-0.05, 0) is 25.8 Å². The fourth-order valence-corrected chi connectivity index (χ4v) is 2.78. The maximum Gasteiger partial charge on any atom is 0.316 e. The van der Waals surface area contributed by atoms with E-state index in [-0.39, 0.29) is 25.1 Å². The number of amides is 1. The van der Waals surface area contributed by atoms with E-state index in [4.69, 9.17) is 15.2 Å². The fourth-order valence-electron chi connectivity index (χ4n) is 2.32. The molecule has 0 aromatic rings. The number of nitrogens with two attached hydrogens (primary N) is 1. The van der Waals surface area contributed by atoms with Crippen LogP contribution in [0.1, 0.15) is 32.1 Å². The summed E-state index contributed by atoms with van der Waals surface area (Å²) in [6, 6.07) is -0.312. The summed E-state index contributed by atoms with van der Waals surface area (Å²) in [4.78, 5) is 22.3. The van der Waals surface area contributed by atoms with Crippen LogP contribution < -0.4 is 5.73 Å². The van der Waals surface area contributed by atoms with Gasteiger partial charge in [0.1, 0.15) is 0 Å². The molecule has 1 fully saturated rings. The summed E-state index contributed by atoms with van der Waals surface area (Å²) >= 11 is 0. The molecular weight excluding hydrogens is 271 g/mol. The van der Waals surface area contributed by atoms with Gasteiger partial charge in [0, 0.05) is 13.0 Å². The molecule has 1 unspecified atom stereocenters. The van der Waals surface area contributed by atoms with Crippen LogP contribution in [0.5, 0.6) is 0 Å². The number of carbonyl (C=O) groups excluding carboxylic acids is 1. The molecule has 1 aliphatic rings. The van der Waals surface area contributed by atoms with E-state index in [1.165, 1.54) is 0 Å². The van der Waals surface area contributed by atoms with Crippen LogP contribution in [0.2, 0.25) is 0 Å². The normalized spacial score (nSPS) is 24.7. The second kappa shape index (κ2) is 8.66. The van der Waals surface area contributed by atoms with Crippen LogP contribution >= 0.6 is 8.25 Å². The highest BCUT2D eigenvalue weighted by Gasteiger charge is 2.35. The quantitative estimate of drug-likeness (QED) is 0.424. The van der Waals surface area contributed by atoms with E-state index < -0.39 is 14.4 Å². The number of aliphatic hydroxyl groups is 1. The van der Waals surface area contributed by atoms with E-state index in [0.29, 0.717) is 19.4 Å². The van der Waals surface area contributed by atoms with Crippen LogP contribution in [0.15, 0.2) is 0 Å². The van der Waals surface area contributed by atoms with Crippen LogP contribution in [0, 0.1) is 0 Å². The molecule has 0 radical (unpaired) electrons. The largest absolute Gasteiger partial charge is 0.394 e. The van der Waals surface area contributed by atoms with Crippen molar-refractivity contribution in [3.8, 4) is 0 Å². The topological polar surface area (TPSA) is 113 Å². The Bertz CT molecular complexity index is 315. The standard InChI is InChI=1S/C11H23N2O5P/c12-5-3-1-2-4-11(15)13-7-10(18-19(16)17)6-9(13)8-14/h9-10,14,19H,1-8,12H2,(H,16,17)/t9-,10+/m0/s1. The third kappa shape index (κ3) is 5.58. The lowest BCUT2D eigenvalue weighted by atomic mass is 10.1. The first-order valence-electron chi connectivity index (χ1n) is 6.58. The summed E-state index contributed by atoms with van der Waals surface area (Å²) in [5.41, 5.74) is 5.38. The van der Waals surface area contributed by atoms with Crippen molar-refractivity contribution in [2.45, 2.75) is 44.2 Å². The van der Waals surface area contributed by atoms with Gasteiger partial charge >= 0.3 is 8.25 Å². The lowest BCUT2D eigenvalue weighted by Crippen LogP contribution is -2.37. The van der Waals surface area contributed by atoms with Crippen molar-refractivity contribution >= 4 is 14.2 Å². The molecule has 112 valence electrons. The Labute approximate surface area is 113 Å². The number of hydrogen-bond acceptors (Lipinski definition) is 5. The molecule has 1 heterocycles. The minimum atomic E-state index is -3.00. The molecule has 4 N–H and O–H groups in total. The zero-order valence-corrected chi connectivity index (χ0v) is 12.0. The lowest BCUT2D eigenvalue weighted by Gasteiger charge is -2.22. The second-order valence-electron chi connectivity index (χ2n) is 4.72. The molecule has 19 heavy (non-hydrogen) atoms. The second-order valence-corrected chi connectivity index (χ2v) is 5.49. The van der Waals surface area contributed by atoms with Gasteiger partial charge in [-0.25, -0.2) is 0 Å². The average Bonchev–Trinajstić information content (AvgIpc) is 2.76. The Morgan fingerprint density at radius 3 is 2.74 bits per heavy atom. The molecule has 0 spiro atoms. The number of likely N-dealkylation sites (tertiary alicyclic amines) is 1. The van der Waals surface area contributed by atoms with Gasteiger partial charge in [0.2, 0.25) is 5.91 Å². The van der Waals surface area contributed by atoms with Gasteiger partial charge in [-0.1, -0.05) is 6.42 Å². The van der Waals surface area contributed by atoms with E-state index >= 15 is 0 Å². The highest BCUT2D eigenvalue weighted by molar-refractivity contribution is 7.32. The first-order valence-corrected chi connectivity index (χ1v) is 7.84. The number of carbonyl (C=O) groups is 1. The molecule has 3 atom stereocenters. The average molecular weight is 294 g/mol. The fraction of sp³-hybridized carbons (Fsp3) is 0.909. The van der Waals surface area contributed by atoms with Crippen molar-refractivity contribution in [1.82, 2.24) is 4.90 Å². The minimum Gasteiger partial charge on any atom is -0.394 e. The molecule has 1 amide bonds. The van der Waals surface area contributed by atoms with Crippen molar-refractivity contribution in [3.05, 3.63) is 0 Å². The molecule has 0 bridgehead atoms. The predicted octanol–water partition coefficient (Wildman–Crippen LogP) is -0.134. The van der Waals surface area contributed by atoms with Crippen molar-refractivity contribution in [2.75, 3.05) is 19.7 Å². The number of nitrogens with zero attached hydrogens (tertiary/aromatic N) is 1. The Balaban J connectivity index is 2.41. The molecule has 7 nitrogen and oxygen atoms in total. The maximum absolute atomic E-state index is 12.0. The van der Waals surface area contributed by atoms with E-state index in [9.17, 15) is 14.5 Å². The van der Waals surface area contributed by atoms with Crippen LogP contribution in [-0.4, -0.2) is 52.6 Å². The predicted molar refractivity (Wildman–Crippen MR) is 70.8 cm³/mol. The monoisotopic (exact) mass is 294 g/mol. The minimum absolute atomic E-state index is 0.0419. The zero-order valence-electron chi connectivity index (χ0n) is 11.0. The summed E-state index contributed by atoms with van der Waals surface area (Å²) in [6.45, 7) is 0.747. The van der Waals surface area contributed by atoms with Gasteiger partial charge in [0.25, 0.3) is 0 Å². The molecule has 0 saturated carbocycles. The number of unbranched alkanes of at least 4 members (excludes halogenated alkanes) is 2. The third-order valence-electron chi connectivity index (χ3n) is 3.27. The first-order chi connectivity index (χ1) is 9.08. The van der Waals surface area contributed by atoms with Gasteiger partial charge in [-0.2, -0.15) is 0 Å². The SMILES string of the molecule is NCCCCCC(=O)N1C[C@H](O[PH](=O)O)C[C@H]1CO. The van der Waals surface area contributed by atoms with Crippen molar-refractivity contribution in [2.24, 2.45) is 5.73 Å². The van der Waals surface area contributed by atoms with Crippen LogP contribution in [0.4, 0.5) is 0 Å². The molecule has 0 aliphatic carbocycles. The van der Waals surface area contributed by atoms with Crippen molar-refractivity contribution in [1.29, 1.82) is 0 Å². The van der Waals surface area contributed by atoms with Crippen LogP contribution in [-0.2, 0) is 13.9 Å². The lowest BCUT2D eigenvalue weighted by molar-refractivity contribution is -0.133. The highest BCUT2D eigenvalue weighted by Crippen LogP contribution is 2.28. The van der Waals surface area contributed by atoms with Crippen LogP contribution in [0.3, 0.4) is 0 Å². The Kier molecular flexibility index (Phi) is 7.56. The third-order valence-corrected chi connectivity index (χ3v) is 3.80. The van der Waals surface area contributed by atoms with Gasteiger partial charge in [-0.3, -0.25) is 9.36 Å². The van der Waals surface area contributed by atoms with E-state index in [1.54, 1.807) is 4.90 Å².